The Morgan fingerprint density at radius 3 is 2.37 bits per heavy atom. The van der Waals surface area contributed by atoms with Crippen LogP contribution in [0.1, 0.15) is 29.8 Å². The van der Waals surface area contributed by atoms with Crippen LogP contribution >= 0.6 is 0 Å². The van der Waals surface area contributed by atoms with Crippen molar-refractivity contribution < 1.29 is 31.8 Å². The summed E-state index contributed by atoms with van der Waals surface area (Å²) < 4.78 is 66.6. The van der Waals surface area contributed by atoms with E-state index >= 15 is 0 Å². The van der Waals surface area contributed by atoms with Crippen molar-refractivity contribution >= 4 is 33.3 Å². The van der Waals surface area contributed by atoms with E-state index in [1.54, 1.807) is 0 Å². The zero-order valence-electron chi connectivity index (χ0n) is 18.3. The van der Waals surface area contributed by atoms with Crippen molar-refractivity contribution in [3.63, 3.8) is 0 Å². The number of halogens is 3. The standard InChI is InChI=1S/C20H22F3N7O4S/c1-2-35(33,34)30-18-15(24-7-8-25-18)10-26-17-14(20(21,22)23)9-27-19(29-17)28-13-5-3-12(4-6-13)16(32)11-31/h3-9,16,31-32H,2,10-11H2,1H3,(H,25,30)(H2,26,27,28,29). The van der Waals surface area contributed by atoms with Crippen molar-refractivity contribution in [1.82, 2.24) is 19.9 Å². The van der Waals surface area contributed by atoms with Gasteiger partial charge in [0.15, 0.2) is 5.82 Å². The van der Waals surface area contributed by atoms with Crippen molar-refractivity contribution in [3.8, 4) is 0 Å². The average molecular weight is 514 g/mol. The van der Waals surface area contributed by atoms with Crippen LogP contribution in [0.25, 0.3) is 0 Å². The van der Waals surface area contributed by atoms with Gasteiger partial charge in [-0.25, -0.2) is 18.4 Å². The smallest absolute Gasteiger partial charge is 0.393 e. The van der Waals surface area contributed by atoms with E-state index in [0.717, 1.165) is 0 Å². The van der Waals surface area contributed by atoms with Gasteiger partial charge in [-0.15, -0.1) is 0 Å². The minimum absolute atomic E-state index is 0.0591. The molecule has 2 heterocycles. The van der Waals surface area contributed by atoms with Gasteiger partial charge in [0, 0.05) is 24.3 Å². The highest BCUT2D eigenvalue weighted by Gasteiger charge is 2.35. The number of anilines is 4. The van der Waals surface area contributed by atoms with Crippen LogP contribution < -0.4 is 15.4 Å². The number of aliphatic hydroxyl groups is 2. The summed E-state index contributed by atoms with van der Waals surface area (Å²) in [5, 5.41) is 23.9. The van der Waals surface area contributed by atoms with Gasteiger partial charge in [-0.1, -0.05) is 12.1 Å². The highest BCUT2D eigenvalue weighted by molar-refractivity contribution is 7.92. The molecular weight excluding hydrogens is 491 g/mol. The Balaban J connectivity index is 1.84. The molecule has 2 aromatic heterocycles. The minimum atomic E-state index is -4.77. The molecule has 0 aliphatic rings. The molecule has 3 aromatic rings. The highest BCUT2D eigenvalue weighted by Crippen LogP contribution is 2.34. The van der Waals surface area contributed by atoms with Crippen LogP contribution in [0, 0.1) is 0 Å². The molecule has 0 aliphatic carbocycles. The van der Waals surface area contributed by atoms with Gasteiger partial charge in [0.05, 0.1) is 18.9 Å². The predicted octanol–water partition coefficient (Wildman–Crippen LogP) is 2.43. The fourth-order valence-corrected chi connectivity index (χ4v) is 3.39. The van der Waals surface area contributed by atoms with Crippen molar-refractivity contribution in [2.75, 3.05) is 27.7 Å². The maximum absolute atomic E-state index is 13.5. The third kappa shape index (κ3) is 6.97. The van der Waals surface area contributed by atoms with E-state index in [9.17, 15) is 26.7 Å². The average Bonchev–Trinajstić information content (AvgIpc) is 2.82. The van der Waals surface area contributed by atoms with Crippen LogP contribution in [0.5, 0.6) is 0 Å². The molecule has 188 valence electrons. The van der Waals surface area contributed by atoms with E-state index in [-0.39, 0.29) is 29.8 Å². The second-order valence-electron chi connectivity index (χ2n) is 7.11. The van der Waals surface area contributed by atoms with Gasteiger partial charge >= 0.3 is 6.18 Å². The van der Waals surface area contributed by atoms with Crippen molar-refractivity contribution in [1.29, 1.82) is 0 Å². The molecule has 5 N–H and O–H groups in total. The summed E-state index contributed by atoms with van der Waals surface area (Å²) in [6.45, 7) is 0.643. The first-order valence-corrected chi connectivity index (χ1v) is 11.8. The van der Waals surface area contributed by atoms with E-state index < -0.39 is 40.3 Å². The summed E-state index contributed by atoms with van der Waals surface area (Å²) >= 11 is 0. The molecule has 1 atom stereocenters. The molecule has 1 unspecified atom stereocenters. The predicted molar refractivity (Wildman–Crippen MR) is 121 cm³/mol. The van der Waals surface area contributed by atoms with Crippen molar-refractivity contribution in [3.05, 3.63) is 59.7 Å². The number of hydrogen-bond donors (Lipinski definition) is 5. The summed E-state index contributed by atoms with van der Waals surface area (Å²) in [6.07, 6.45) is -2.70. The first-order valence-electron chi connectivity index (χ1n) is 10.2. The molecule has 3 rings (SSSR count). The summed E-state index contributed by atoms with van der Waals surface area (Å²) in [4.78, 5) is 15.5. The molecule has 35 heavy (non-hydrogen) atoms. The first kappa shape index (κ1) is 26.1. The van der Waals surface area contributed by atoms with Gasteiger partial charge < -0.3 is 20.8 Å². The van der Waals surface area contributed by atoms with Crippen LogP contribution in [0.4, 0.5) is 36.4 Å². The Bertz CT molecular complexity index is 1260. The van der Waals surface area contributed by atoms with Crippen LogP contribution in [-0.4, -0.2) is 50.9 Å². The maximum Gasteiger partial charge on any atom is 0.421 e. The number of nitrogens with one attached hydrogen (secondary N) is 3. The first-order chi connectivity index (χ1) is 16.5. The number of alkyl halides is 3. The highest BCUT2D eigenvalue weighted by atomic mass is 32.2. The van der Waals surface area contributed by atoms with Crippen LogP contribution in [-0.2, 0) is 22.7 Å². The van der Waals surface area contributed by atoms with Gasteiger partial charge in [0.1, 0.15) is 23.2 Å². The third-order valence-corrected chi connectivity index (χ3v) is 5.91. The Labute approximate surface area is 198 Å². The zero-order chi connectivity index (χ0) is 25.6. The second-order valence-corrected chi connectivity index (χ2v) is 9.12. The Kier molecular flexibility index (Phi) is 8.03. The molecule has 0 saturated carbocycles. The van der Waals surface area contributed by atoms with Crippen LogP contribution in [0.3, 0.4) is 0 Å². The molecule has 0 radical (unpaired) electrons. The van der Waals surface area contributed by atoms with E-state index in [1.807, 2.05) is 0 Å². The molecule has 15 heteroatoms. The number of hydrogen-bond acceptors (Lipinski definition) is 10. The lowest BCUT2D eigenvalue weighted by atomic mass is 10.1. The number of sulfonamides is 1. The molecule has 0 spiro atoms. The van der Waals surface area contributed by atoms with Crippen LogP contribution in [0.2, 0.25) is 0 Å². The third-order valence-electron chi connectivity index (χ3n) is 4.65. The fourth-order valence-electron chi connectivity index (χ4n) is 2.78. The van der Waals surface area contributed by atoms with E-state index in [2.05, 4.69) is 35.3 Å². The molecule has 0 aliphatic heterocycles. The van der Waals surface area contributed by atoms with E-state index in [0.29, 0.717) is 17.4 Å². The fraction of sp³-hybridized carbons (Fsp3) is 0.300. The monoisotopic (exact) mass is 513 g/mol. The number of nitrogens with zero attached hydrogens (tertiary/aromatic N) is 4. The number of rotatable bonds is 10. The largest absolute Gasteiger partial charge is 0.421 e. The van der Waals surface area contributed by atoms with E-state index in [1.165, 1.54) is 43.6 Å². The van der Waals surface area contributed by atoms with Gasteiger partial charge in [0.25, 0.3) is 0 Å². The van der Waals surface area contributed by atoms with Gasteiger partial charge in [-0.2, -0.15) is 18.2 Å². The topological polar surface area (TPSA) is 162 Å². The summed E-state index contributed by atoms with van der Waals surface area (Å²) in [5.41, 5.74) is -0.199. The lowest BCUT2D eigenvalue weighted by Gasteiger charge is -2.16. The van der Waals surface area contributed by atoms with Gasteiger partial charge in [-0.05, 0) is 24.6 Å². The summed E-state index contributed by atoms with van der Waals surface area (Å²) in [6, 6.07) is 6.13. The molecule has 0 fully saturated rings. The number of aliphatic hydroxyl groups excluding tert-OH is 2. The Morgan fingerprint density at radius 2 is 1.74 bits per heavy atom. The molecule has 0 amide bonds. The van der Waals surface area contributed by atoms with Crippen LogP contribution in [0.15, 0.2) is 42.9 Å². The van der Waals surface area contributed by atoms with E-state index in [4.69, 9.17) is 5.11 Å². The SMILES string of the molecule is CCS(=O)(=O)Nc1nccnc1CNc1nc(Nc2ccc(C(O)CO)cc2)ncc1C(F)(F)F. The van der Waals surface area contributed by atoms with Gasteiger partial charge in [0.2, 0.25) is 16.0 Å². The summed E-state index contributed by atoms with van der Waals surface area (Å²) in [5.74, 6) is -1.05. The number of benzene rings is 1. The molecule has 0 bridgehead atoms. The summed E-state index contributed by atoms with van der Waals surface area (Å²) in [7, 11) is -3.69. The molecular formula is C20H22F3N7O4S. The second kappa shape index (κ2) is 10.8. The zero-order valence-corrected chi connectivity index (χ0v) is 19.1. The Hall–Kier alpha value is -3.56. The molecule has 0 saturated heterocycles. The minimum Gasteiger partial charge on any atom is -0.393 e. The normalized spacial score (nSPS) is 12.7. The lowest BCUT2D eigenvalue weighted by Crippen LogP contribution is -2.19. The quantitative estimate of drug-likeness (QED) is 0.272. The molecule has 11 nitrogen and oxygen atoms in total. The van der Waals surface area contributed by atoms with Gasteiger partial charge in [-0.3, -0.25) is 9.71 Å². The Morgan fingerprint density at radius 1 is 1.06 bits per heavy atom. The maximum atomic E-state index is 13.5. The van der Waals surface area contributed by atoms with Crippen molar-refractivity contribution in [2.45, 2.75) is 25.7 Å². The lowest BCUT2D eigenvalue weighted by molar-refractivity contribution is -0.137. The molecule has 1 aromatic carbocycles. The van der Waals surface area contributed by atoms with Crippen molar-refractivity contribution in [2.24, 2.45) is 0 Å². The number of aromatic nitrogens is 4.